The number of aliphatic hydroxyl groups excluding tert-OH is 1. The lowest BCUT2D eigenvalue weighted by molar-refractivity contribution is -0.183. The van der Waals surface area contributed by atoms with Gasteiger partial charge >= 0.3 is 0 Å². The summed E-state index contributed by atoms with van der Waals surface area (Å²) >= 11 is 0. The van der Waals surface area contributed by atoms with Crippen LogP contribution < -0.4 is 0 Å². The van der Waals surface area contributed by atoms with Crippen molar-refractivity contribution in [2.45, 2.75) is 0 Å². The molecule has 2 fully saturated rings. The van der Waals surface area contributed by atoms with Crippen LogP contribution in [0.4, 0.5) is 0 Å². The quantitative estimate of drug-likeness (QED) is 0.613. The van der Waals surface area contributed by atoms with Crippen molar-refractivity contribution in [2.24, 2.45) is 5.41 Å². The molecule has 5 nitrogen and oxygen atoms in total. The number of hydrogen-bond donors (Lipinski definition) is 1. The normalized spacial score (nSPS) is 25.6. The van der Waals surface area contributed by atoms with Crippen LogP contribution in [0.25, 0.3) is 0 Å². The minimum Gasteiger partial charge on any atom is -0.395 e. The van der Waals surface area contributed by atoms with Crippen LogP contribution in [0.15, 0.2) is 0 Å². The van der Waals surface area contributed by atoms with Crippen molar-refractivity contribution in [3.8, 4) is 0 Å². The summed E-state index contributed by atoms with van der Waals surface area (Å²) in [5.74, 6) is 0.00884. The zero-order valence-corrected chi connectivity index (χ0v) is 8.07. The fourth-order valence-electron chi connectivity index (χ4n) is 1.73. The molecular formula is C9H15NO4. The number of rotatable bonds is 2. The zero-order valence-electron chi connectivity index (χ0n) is 8.07. The molecule has 0 atom stereocenters. The predicted octanol–water partition coefficient (Wildman–Crippen LogP) is -1.15. The first-order valence-corrected chi connectivity index (χ1v) is 4.84. The molecule has 0 spiro atoms. The lowest BCUT2D eigenvalue weighted by atomic mass is 9.85. The van der Waals surface area contributed by atoms with Gasteiger partial charge in [0.25, 0.3) is 0 Å². The summed E-state index contributed by atoms with van der Waals surface area (Å²) in [6.45, 7) is 3.01. The van der Waals surface area contributed by atoms with Gasteiger partial charge in [-0.1, -0.05) is 0 Å². The van der Waals surface area contributed by atoms with Gasteiger partial charge in [0.2, 0.25) is 5.91 Å². The van der Waals surface area contributed by atoms with E-state index in [-0.39, 0.29) is 12.5 Å². The minimum atomic E-state index is -0.655. The molecule has 1 amide bonds. The molecule has 5 heteroatoms. The van der Waals surface area contributed by atoms with E-state index in [2.05, 4.69) is 0 Å². The molecular weight excluding hydrogens is 186 g/mol. The largest absolute Gasteiger partial charge is 0.395 e. The van der Waals surface area contributed by atoms with Gasteiger partial charge in [-0.25, -0.2) is 0 Å². The number of hydrogen-bond acceptors (Lipinski definition) is 4. The molecule has 2 rings (SSSR count). The van der Waals surface area contributed by atoms with Crippen molar-refractivity contribution in [1.29, 1.82) is 0 Å². The number of carbonyl (C=O) groups excluding carboxylic acids is 1. The van der Waals surface area contributed by atoms with Crippen molar-refractivity contribution in [3.05, 3.63) is 0 Å². The van der Waals surface area contributed by atoms with E-state index in [0.717, 1.165) is 0 Å². The topological polar surface area (TPSA) is 59.0 Å². The maximum absolute atomic E-state index is 12.0. The maximum atomic E-state index is 12.0. The smallest absolute Gasteiger partial charge is 0.235 e. The summed E-state index contributed by atoms with van der Waals surface area (Å²) < 4.78 is 10.2. The summed E-state index contributed by atoms with van der Waals surface area (Å²) in [5.41, 5.74) is -0.655. The van der Waals surface area contributed by atoms with Crippen molar-refractivity contribution in [2.75, 3.05) is 46.1 Å². The summed E-state index contributed by atoms with van der Waals surface area (Å²) in [4.78, 5) is 13.7. The molecule has 0 aliphatic carbocycles. The number of nitrogens with zero attached hydrogens (tertiary/aromatic N) is 1. The molecule has 0 radical (unpaired) electrons. The molecule has 0 aromatic heterocycles. The Morgan fingerprint density at radius 3 is 2.36 bits per heavy atom. The SMILES string of the molecule is O=C(N1CCOCC1)C1(CO)COC1. The van der Waals surface area contributed by atoms with E-state index in [4.69, 9.17) is 9.47 Å². The highest BCUT2D eigenvalue weighted by molar-refractivity contribution is 5.84. The van der Waals surface area contributed by atoms with Gasteiger partial charge in [0.05, 0.1) is 33.0 Å². The summed E-state index contributed by atoms with van der Waals surface area (Å²) in [5, 5.41) is 9.18. The standard InChI is InChI=1S/C9H15NO4/c11-5-9(6-14-7-9)8(12)10-1-3-13-4-2-10/h11H,1-7H2. The number of amides is 1. The zero-order chi connectivity index (χ0) is 10.0. The molecule has 2 heterocycles. The number of ether oxygens (including phenoxy) is 2. The van der Waals surface area contributed by atoms with E-state index in [0.29, 0.717) is 39.5 Å². The second-order valence-electron chi connectivity index (χ2n) is 3.84. The Hall–Kier alpha value is -0.650. The Morgan fingerprint density at radius 1 is 1.29 bits per heavy atom. The molecule has 80 valence electrons. The molecule has 0 saturated carbocycles. The fraction of sp³-hybridized carbons (Fsp3) is 0.889. The molecule has 14 heavy (non-hydrogen) atoms. The monoisotopic (exact) mass is 201 g/mol. The van der Waals surface area contributed by atoms with Crippen LogP contribution in [-0.4, -0.2) is 62.0 Å². The fourth-order valence-corrected chi connectivity index (χ4v) is 1.73. The number of morpholine rings is 1. The van der Waals surface area contributed by atoms with E-state index in [1.807, 2.05) is 0 Å². The molecule has 2 aliphatic rings. The Bertz CT molecular complexity index is 215. The first-order chi connectivity index (χ1) is 6.78. The average Bonchev–Trinajstić information content (AvgIpc) is 2.18. The summed E-state index contributed by atoms with van der Waals surface area (Å²) in [7, 11) is 0. The average molecular weight is 201 g/mol. The predicted molar refractivity (Wildman–Crippen MR) is 47.7 cm³/mol. The van der Waals surface area contributed by atoms with Crippen LogP contribution in [0, 0.1) is 5.41 Å². The van der Waals surface area contributed by atoms with Gasteiger partial charge in [0.1, 0.15) is 5.41 Å². The molecule has 0 unspecified atom stereocenters. The van der Waals surface area contributed by atoms with Crippen LogP contribution in [0.2, 0.25) is 0 Å². The van der Waals surface area contributed by atoms with Crippen molar-refractivity contribution in [3.63, 3.8) is 0 Å². The molecule has 2 aliphatic heterocycles. The molecule has 0 bridgehead atoms. The van der Waals surface area contributed by atoms with E-state index in [9.17, 15) is 9.90 Å². The second kappa shape index (κ2) is 3.84. The van der Waals surface area contributed by atoms with Gasteiger partial charge < -0.3 is 19.5 Å². The Morgan fingerprint density at radius 2 is 1.93 bits per heavy atom. The molecule has 1 N–H and O–H groups in total. The number of aliphatic hydroxyl groups is 1. The van der Waals surface area contributed by atoms with E-state index >= 15 is 0 Å². The lowest BCUT2D eigenvalue weighted by Crippen LogP contribution is -2.59. The van der Waals surface area contributed by atoms with E-state index < -0.39 is 5.41 Å². The highest BCUT2D eigenvalue weighted by atomic mass is 16.5. The highest BCUT2D eigenvalue weighted by Gasteiger charge is 2.47. The number of carbonyl (C=O) groups is 1. The Kier molecular flexibility index (Phi) is 2.71. The first-order valence-electron chi connectivity index (χ1n) is 4.84. The lowest BCUT2D eigenvalue weighted by Gasteiger charge is -2.42. The van der Waals surface area contributed by atoms with Crippen LogP contribution >= 0.6 is 0 Å². The summed E-state index contributed by atoms with van der Waals surface area (Å²) in [6.07, 6.45) is 0. The molecule has 2 saturated heterocycles. The first kappa shape index (κ1) is 9.89. The van der Waals surface area contributed by atoms with Crippen LogP contribution in [0.1, 0.15) is 0 Å². The van der Waals surface area contributed by atoms with E-state index in [1.54, 1.807) is 4.90 Å². The van der Waals surface area contributed by atoms with Gasteiger partial charge in [0, 0.05) is 13.1 Å². The third-order valence-corrected chi connectivity index (χ3v) is 2.81. The summed E-state index contributed by atoms with van der Waals surface area (Å²) in [6, 6.07) is 0. The van der Waals surface area contributed by atoms with Gasteiger partial charge in [0.15, 0.2) is 0 Å². The second-order valence-corrected chi connectivity index (χ2v) is 3.84. The highest BCUT2D eigenvalue weighted by Crippen LogP contribution is 2.29. The van der Waals surface area contributed by atoms with Crippen molar-refractivity contribution >= 4 is 5.91 Å². The van der Waals surface area contributed by atoms with Crippen LogP contribution in [-0.2, 0) is 14.3 Å². The van der Waals surface area contributed by atoms with Crippen molar-refractivity contribution in [1.82, 2.24) is 4.90 Å². The van der Waals surface area contributed by atoms with Gasteiger partial charge in [-0.3, -0.25) is 4.79 Å². The van der Waals surface area contributed by atoms with Gasteiger partial charge in [-0.15, -0.1) is 0 Å². The third-order valence-electron chi connectivity index (χ3n) is 2.81. The van der Waals surface area contributed by atoms with Crippen LogP contribution in [0.3, 0.4) is 0 Å². The molecule has 0 aromatic carbocycles. The Balaban J connectivity index is 1.98. The van der Waals surface area contributed by atoms with Crippen molar-refractivity contribution < 1.29 is 19.4 Å². The Labute approximate surface area is 82.6 Å². The van der Waals surface area contributed by atoms with E-state index in [1.165, 1.54) is 0 Å². The minimum absolute atomic E-state index is 0.00884. The van der Waals surface area contributed by atoms with Gasteiger partial charge in [-0.2, -0.15) is 0 Å². The van der Waals surface area contributed by atoms with Gasteiger partial charge in [-0.05, 0) is 0 Å². The maximum Gasteiger partial charge on any atom is 0.235 e. The third kappa shape index (κ3) is 1.51. The molecule has 0 aromatic rings. The van der Waals surface area contributed by atoms with Crippen LogP contribution in [0.5, 0.6) is 0 Å².